The number of urea groups is 1. The van der Waals surface area contributed by atoms with Crippen LogP contribution in [-0.4, -0.2) is 24.5 Å². The van der Waals surface area contributed by atoms with Crippen molar-refractivity contribution in [3.05, 3.63) is 30.3 Å². The van der Waals surface area contributed by atoms with E-state index < -0.39 is 0 Å². The molecule has 3 N–H and O–H groups in total. The first-order valence-corrected chi connectivity index (χ1v) is 6.13. The summed E-state index contributed by atoms with van der Waals surface area (Å²) in [6.07, 6.45) is 2.47. The zero-order chi connectivity index (χ0) is 12.8. The summed E-state index contributed by atoms with van der Waals surface area (Å²) in [6.45, 7) is 0.344. The number of rotatable bonds is 5. The normalized spacial score (nSPS) is 13.8. The van der Waals surface area contributed by atoms with E-state index in [0.29, 0.717) is 19.0 Å². The first-order valence-electron chi connectivity index (χ1n) is 6.13. The van der Waals surface area contributed by atoms with Gasteiger partial charge in [-0.05, 0) is 25.0 Å². The van der Waals surface area contributed by atoms with Crippen molar-refractivity contribution in [2.75, 3.05) is 11.9 Å². The van der Waals surface area contributed by atoms with E-state index in [1.807, 2.05) is 18.2 Å². The second-order valence-corrected chi connectivity index (χ2v) is 4.34. The van der Waals surface area contributed by atoms with Crippen LogP contribution < -0.4 is 16.0 Å². The van der Waals surface area contributed by atoms with Crippen LogP contribution in [0.15, 0.2) is 30.3 Å². The predicted molar refractivity (Wildman–Crippen MR) is 69.2 cm³/mol. The molecule has 0 aromatic heterocycles. The van der Waals surface area contributed by atoms with E-state index in [1.165, 1.54) is 0 Å². The Balaban J connectivity index is 1.61. The van der Waals surface area contributed by atoms with Gasteiger partial charge in [0, 0.05) is 24.7 Å². The van der Waals surface area contributed by atoms with Crippen LogP contribution in [0.4, 0.5) is 10.5 Å². The standard InChI is InChI=1S/C13H17N3O2/c17-12(15-11-6-7-11)8-9-14-13(18)16-10-4-2-1-3-5-10/h1-5,11H,6-9H2,(H,15,17)(H2,14,16,18). The highest BCUT2D eigenvalue weighted by atomic mass is 16.2. The highest BCUT2D eigenvalue weighted by Crippen LogP contribution is 2.18. The number of benzene rings is 1. The molecule has 1 aliphatic carbocycles. The fourth-order valence-corrected chi connectivity index (χ4v) is 1.51. The predicted octanol–water partition coefficient (Wildman–Crippen LogP) is 1.48. The van der Waals surface area contributed by atoms with E-state index >= 15 is 0 Å². The zero-order valence-electron chi connectivity index (χ0n) is 10.1. The third-order valence-corrected chi connectivity index (χ3v) is 2.61. The quantitative estimate of drug-likeness (QED) is 0.737. The van der Waals surface area contributed by atoms with Crippen molar-refractivity contribution in [3.8, 4) is 0 Å². The van der Waals surface area contributed by atoms with Gasteiger partial charge < -0.3 is 16.0 Å². The maximum atomic E-state index is 11.5. The minimum atomic E-state index is -0.291. The fourth-order valence-electron chi connectivity index (χ4n) is 1.51. The summed E-state index contributed by atoms with van der Waals surface area (Å²) < 4.78 is 0. The molecule has 0 spiro atoms. The van der Waals surface area contributed by atoms with Crippen LogP contribution >= 0.6 is 0 Å². The van der Waals surface area contributed by atoms with Gasteiger partial charge >= 0.3 is 6.03 Å². The molecule has 18 heavy (non-hydrogen) atoms. The highest BCUT2D eigenvalue weighted by molar-refractivity contribution is 5.89. The lowest BCUT2D eigenvalue weighted by molar-refractivity contribution is -0.121. The lowest BCUT2D eigenvalue weighted by Gasteiger charge is -2.07. The number of amides is 3. The molecule has 2 rings (SSSR count). The number of carbonyl (C=O) groups excluding carboxylic acids is 2. The molecule has 1 aromatic carbocycles. The van der Waals surface area contributed by atoms with Crippen LogP contribution in [0.3, 0.4) is 0 Å². The molecular formula is C13H17N3O2. The van der Waals surface area contributed by atoms with Crippen molar-refractivity contribution >= 4 is 17.6 Å². The van der Waals surface area contributed by atoms with Gasteiger partial charge in [-0.15, -0.1) is 0 Å². The highest BCUT2D eigenvalue weighted by Gasteiger charge is 2.22. The molecule has 5 heteroatoms. The second-order valence-electron chi connectivity index (χ2n) is 4.34. The Morgan fingerprint density at radius 3 is 2.56 bits per heavy atom. The second kappa shape index (κ2) is 6.05. The molecule has 0 aliphatic heterocycles. The number of nitrogens with one attached hydrogen (secondary N) is 3. The fraction of sp³-hybridized carbons (Fsp3) is 0.385. The van der Waals surface area contributed by atoms with E-state index in [1.54, 1.807) is 12.1 Å². The van der Waals surface area contributed by atoms with Crippen molar-refractivity contribution < 1.29 is 9.59 Å². The Morgan fingerprint density at radius 1 is 1.17 bits per heavy atom. The van der Waals surface area contributed by atoms with Gasteiger partial charge in [0.25, 0.3) is 0 Å². The van der Waals surface area contributed by atoms with Crippen molar-refractivity contribution in [1.29, 1.82) is 0 Å². The van der Waals surface area contributed by atoms with Gasteiger partial charge in [-0.1, -0.05) is 18.2 Å². The van der Waals surface area contributed by atoms with Gasteiger partial charge in [0.05, 0.1) is 0 Å². The Morgan fingerprint density at radius 2 is 1.89 bits per heavy atom. The maximum absolute atomic E-state index is 11.5. The summed E-state index contributed by atoms with van der Waals surface area (Å²) in [7, 11) is 0. The van der Waals surface area contributed by atoms with Crippen LogP contribution in [0.25, 0.3) is 0 Å². The Bertz CT molecular complexity index is 416. The smallest absolute Gasteiger partial charge is 0.319 e. The molecule has 0 unspecified atom stereocenters. The topological polar surface area (TPSA) is 70.2 Å². The molecule has 0 radical (unpaired) electrons. The van der Waals surface area contributed by atoms with E-state index in [2.05, 4.69) is 16.0 Å². The van der Waals surface area contributed by atoms with Crippen molar-refractivity contribution in [2.24, 2.45) is 0 Å². The van der Waals surface area contributed by atoms with Crippen molar-refractivity contribution in [1.82, 2.24) is 10.6 Å². The molecule has 0 heterocycles. The minimum Gasteiger partial charge on any atom is -0.353 e. The van der Waals surface area contributed by atoms with Gasteiger partial charge in [-0.25, -0.2) is 4.79 Å². The molecule has 1 fully saturated rings. The SMILES string of the molecule is O=C(CCNC(=O)Nc1ccccc1)NC1CC1. The van der Waals surface area contributed by atoms with Gasteiger partial charge in [-0.3, -0.25) is 4.79 Å². The van der Waals surface area contributed by atoms with Gasteiger partial charge in [0.15, 0.2) is 0 Å². The van der Waals surface area contributed by atoms with Crippen LogP contribution in [0.2, 0.25) is 0 Å². The lowest BCUT2D eigenvalue weighted by Crippen LogP contribution is -2.33. The van der Waals surface area contributed by atoms with Gasteiger partial charge in [-0.2, -0.15) is 0 Å². The van der Waals surface area contributed by atoms with Crippen LogP contribution in [0, 0.1) is 0 Å². The number of carbonyl (C=O) groups is 2. The minimum absolute atomic E-state index is 0.00230. The van der Waals surface area contributed by atoms with Crippen LogP contribution in [-0.2, 0) is 4.79 Å². The molecule has 3 amide bonds. The van der Waals surface area contributed by atoms with Gasteiger partial charge in [0.1, 0.15) is 0 Å². The monoisotopic (exact) mass is 247 g/mol. The Labute approximate surface area is 106 Å². The average molecular weight is 247 g/mol. The third-order valence-electron chi connectivity index (χ3n) is 2.61. The van der Waals surface area contributed by atoms with Crippen LogP contribution in [0.1, 0.15) is 19.3 Å². The molecule has 1 saturated carbocycles. The first-order chi connectivity index (χ1) is 8.74. The summed E-state index contributed by atoms with van der Waals surface area (Å²) in [6, 6.07) is 9.26. The van der Waals surface area contributed by atoms with Crippen molar-refractivity contribution in [2.45, 2.75) is 25.3 Å². The maximum Gasteiger partial charge on any atom is 0.319 e. The summed E-state index contributed by atoms with van der Waals surface area (Å²) in [5.74, 6) is -0.00230. The summed E-state index contributed by atoms with van der Waals surface area (Å²) in [5, 5.41) is 8.20. The van der Waals surface area contributed by atoms with Crippen LogP contribution in [0.5, 0.6) is 0 Å². The Hall–Kier alpha value is -2.04. The van der Waals surface area contributed by atoms with E-state index in [9.17, 15) is 9.59 Å². The molecule has 0 saturated heterocycles. The number of para-hydroxylation sites is 1. The first kappa shape index (κ1) is 12.4. The van der Waals surface area contributed by atoms with E-state index in [4.69, 9.17) is 0 Å². The number of anilines is 1. The third kappa shape index (κ3) is 4.45. The average Bonchev–Trinajstić information content (AvgIpc) is 3.14. The largest absolute Gasteiger partial charge is 0.353 e. The molecular weight excluding hydrogens is 230 g/mol. The molecule has 96 valence electrons. The summed E-state index contributed by atoms with van der Waals surface area (Å²) in [5.41, 5.74) is 0.734. The number of hydrogen-bond donors (Lipinski definition) is 3. The summed E-state index contributed by atoms with van der Waals surface area (Å²) in [4.78, 5) is 22.8. The van der Waals surface area contributed by atoms with E-state index in [0.717, 1.165) is 18.5 Å². The van der Waals surface area contributed by atoms with Crippen molar-refractivity contribution in [3.63, 3.8) is 0 Å². The molecule has 0 bridgehead atoms. The zero-order valence-corrected chi connectivity index (χ0v) is 10.1. The number of hydrogen-bond acceptors (Lipinski definition) is 2. The summed E-state index contributed by atoms with van der Waals surface area (Å²) >= 11 is 0. The molecule has 1 aromatic rings. The molecule has 0 atom stereocenters. The lowest BCUT2D eigenvalue weighted by atomic mass is 10.3. The van der Waals surface area contributed by atoms with Gasteiger partial charge in [0.2, 0.25) is 5.91 Å². The van der Waals surface area contributed by atoms with E-state index in [-0.39, 0.29) is 11.9 Å². The molecule has 1 aliphatic rings. The Kier molecular flexibility index (Phi) is 4.17. The molecule has 5 nitrogen and oxygen atoms in total.